The molecule has 0 amide bonds. The molecule has 2 aromatic carbocycles. The van der Waals surface area contributed by atoms with Crippen LogP contribution in [-0.2, 0) is 7.05 Å². The van der Waals surface area contributed by atoms with E-state index >= 15 is 0 Å². The van der Waals surface area contributed by atoms with Crippen LogP contribution in [0.3, 0.4) is 0 Å². The molecule has 6 heteroatoms. The molecule has 0 aliphatic heterocycles. The molecule has 0 radical (unpaired) electrons. The van der Waals surface area contributed by atoms with E-state index in [0.717, 1.165) is 17.0 Å². The van der Waals surface area contributed by atoms with Gasteiger partial charge < -0.3 is 10.3 Å². The summed E-state index contributed by atoms with van der Waals surface area (Å²) in [7, 11) is 1.90. The molecule has 2 N–H and O–H groups in total. The Bertz CT molecular complexity index is 847. The zero-order valence-electron chi connectivity index (χ0n) is 12.4. The highest BCUT2D eigenvalue weighted by Crippen LogP contribution is 2.26. The number of nitrogens with two attached hydrogens (primary N) is 1. The van der Waals surface area contributed by atoms with Crippen LogP contribution >= 0.6 is 23.2 Å². The number of hydrogen-bond acceptors (Lipinski definition) is 3. The van der Waals surface area contributed by atoms with Crippen LogP contribution in [0, 0.1) is 0 Å². The standard InChI is InChI=1S/C17H14Cl2N4/c1-23-16(10-9-13-14(18)3-2-4-15(13)19)21-22-17(23)11-5-7-12(20)8-6-11/h2-10H,20H2,1H3/b10-9+. The van der Waals surface area contributed by atoms with Crippen molar-refractivity contribution in [2.45, 2.75) is 0 Å². The zero-order chi connectivity index (χ0) is 16.4. The van der Waals surface area contributed by atoms with E-state index in [1.807, 2.05) is 54.1 Å². The molecule has 0 aliphatic carbocycles. The highest BCUT2D eigenvalue weighted by molar-refractivity contribution is 6.37. The van der Waals surface area contributed by atoms with Gasteiger partial charge in [0.2, 0.25) is 0 Å². The fraction of sp³-hybridized carbons (Fsp3) is 0.0588. The van der Waals surface area contributed by atoms with Crippen LogP contribution in [0.15, 0.2) is 42.5 Å². The molecule has 0 atom stereocenters. The third-order valence-electron chi connectivity index (χ3n) is 3.48. The molecule has 3 aromatic rings. The van der Waals surface area contributed by atoms with Crippen LogP contribution in [0.4, 0.5) is 5.69 Å². The van der Waals surface area contributed by atoms with Crippen LogP contribution in [0.1, 0.15) is 11.4 Å². The van der Waals surface area contributed by atoms with Gasteiger partial charge in [-0.25, -0.2) is 0 Å². The highest BCUT2D eigenvalue weighted by atomic mass is 35.5. The van der Waals surface area contributed by atoms with Crippen molar-refractivity contribution in [3.8, 4) is 11.4 Å². The number of nitrogens with zero attached hydrogens (tertiary/aromatic N) is 3. The SMILES string of the molecule is Cn1c(/C=C/c2c(Cl)cccc2Cl)nnc1-c1ccc(N)cc1. The van der Waals surface area contributed by atoms with Gasteiger partial charge in [0.15, 0.2) is 11.6 Å². The third kappa shape index (κ3) is 3.23. The lowest BCUT2D eigenvalue weighted by Gasteiger charge is -2.03. The Morgan fingerprint density at radius 3 is 2.26 bits per heavy atom. The summed E-state index contributed by atoms with van der Waals surface area (Å²) in [4.78, 5) is 0. The van der Waals surface area contributed by atoms with Gasteiger partial charge in [0.25, 0.3) is 0 Å². The molecule has 4 nitrogen and oxygen atoms in total. The molecular weight excluding hydrogens is 331 g/mol. The second-order valence-corrected chi connectivity index (χ2v) is 5.85. The lowest BCUT2D eigenvalue weighted by molar-refractivity contribution is 0.905. The van der Waals surface area contributed by atoms with E-state index in [4.69, 9.17) is 28.9 Å². The minimum absolute atomic E-state index is 0.592. The molecule has 1 aromatic heterocycles. The molecule has 0 saturated carbocycles. The van der Waals surface area contributed by atoms with Crippen molar-refractivity contribution >= 4 is 41.0 Å². The van der Waals surface area contributed by atoms with Crippen molar-refractivity contribution in [2.24, 2.45) is 7.05 Å². The quantitative estimate of drug-likeness (QED) is 0.709. The van der Waals surface area contributed by atoms with Gasteiger partial charge in [0.05, 0.1) is 0 Å². The van der Waals surface area contributed by atoms with Crippen molar-refractivity contribution in [3.63, 3.8) is 0 Å². The maximum atomic E-state index is 6.16. The van der Waals surface area contributed by atoms with E-state index in [-0.39, 0.29) is 0 Å². The molecule has 3 rings (SSSR count). The fourth-order valence-electron chi connectivity index (χ4n) is 2.20. The molecule has 0 bridgehead atoms. The number of aromatic nitrogens is 3. The van der Waals surface area contributed by atoms with E-state index in [1.165, 1.54) is 0 Å². The minimum Gasteiger partial charge on any atom is -0.399 e. The normalized spacial score (nSPS) is 11.3. The van der Waals surface area contributed by atoms with Crippen LogP contribution in [0.2, 0.25) is 10.0 Å². The summed E-state index contributed by atoms with van der Waals surface area (Å²) in [6, 6.07) is 12.9. The molecule has 116 valence electrons. The lowest BCUT2D eigenvalue weighted by atomic mass is 10.2. The first-order valence-electron chi connectivity index (χ1n) is 6.93. The highest BCUT2D eigenvalue weighted by Gasteiger charge is 2.09. The molecule has 0 spiro atoms. The minimum atomic E-state index is 0.592. The van der Waals surface area contributed by atoms with E-state index in [1.54, 1.807) is 12.1 Å². The molecule has 0 unspecified atom stereocenters. The second-order valence-electron chi connectivity index (χ2n) is 5.03. The number of benzene rings is 2. The van der Waals surface area contributed by atoms with Gasteiger partial charge in [-0.05, 0) is 48.6 Å². The van der Waals surface area contributed by atoms with Gasteiger partial charge >= 0.3 is 0 Å². The van der Waals surface area contributed by atoms with Crippen LogP contribution in [0.25, 0.3) is 23.5 Å². The summed E-state index contributed by atoms with van der Waals surface area (Å²) in [6.45, 7) is 0. The predicted molar refractivity (Wildman–Crippen MR) is 96.2 cm³/mol. The van der Waals surface area contributed by atoms with Crippen molar-refractivity contribution in [2.75, 3.05) is 5.73 Å². The smallest absolute Gasteiger partial charge is 0.163 e. The molecule has 0 fully saturated rings. The summed E-state index contributed by atoms with van der Waals surface area (Å²) in [5.74, 6) is 1.46. The van der Waals surface area contributed by atoms with E-state index in [0.29, 0.717) is 21.6 Å². The summed E-state index contributed by atoms with van der Waals surface area (Å²) in [6.07, 6.45) is 3.67. The Kier molecular flexibility index (Phi) is 4.37. The fourth-order valence-corrected chi connectivity index (χ4v) is 2.72. The van der Waals surface area contributed by atoms with Gasteiger partial charge in [-0.1, -0.05) is 29.3 Å². The van der Waals surface area contributed by atoms with Crippen LogP contribution < -0.4 is 5.73 Å². The van der Waals surface area contributed by atoms with Crippen molar-refractivity contribution in [3.05, 3.63) is 63.9 Å². The molecule has 0 saturated heterocycles. The van der Waals surface area contributed by atoms with E-state index < -0.39 is 0 Å². The third-order valence-corrected chi connectivity index (χ3v) is 4.14. The maximum absolute atomic E-state index is 6.16. The Labute approximate surface area is 144 Å². The summed E-state index contributed by atoms with van der Waals surface area (Å²) in [5, 5.41) is 9.61. The first-order chi connectivity index (χ1) is 11.1. The summed E-state index contributed by atoms with van der Waals surface area (Å²) in [5.41, 5.74) is 8.13. The number of hydrogen-bond donors (Lipinski definition) is 1. The largest absolute Gasteiger partial charge is 0.399 e. The maximum Gasteiger partial charge on any atom is 0.163 e. The van der Waals surface area contributed by atoms with Gasteiger partial charge in [0.1, 0.15) is 0 Å². The second kappa shape index (κ2) is 6.44. The molecular formula is C17H14Cl2N4. The van der Waals surface area contributed by atoms with Gasteiger partial charge in [-0.2, -0.15) is 0 Å². The Morgan fingerprint density at radius 2 is 1.61 bits per heavy atom. The zero-order valence-corrected chi connectivity index (χ0v) is 13.9. The summed E-state index contributed by atoms with van der Waals surface area (Å²) < 4.78 is 1.90. The number of halogens is 2. The molecule has 0 aliphatic rings. The first-order valence-corrected chi connectivity index (χ1v) is 7.69. The van der Waals surface area contributed by atoms with Crippen molar-refractivity contribution in [1.82, 2.24) is 14.8 Å². The Balaban J connectivity index is 1.93. The van der Waals surface area contributed by atoms with Gasteiger partial charge in [-0.3, -0.25) is 0 Å². The Morgan fingerprint density at radius 1 is 0.957 bits per heavy atom. The topological polar surface area (TPSA) is 56.7 Å². The number of anilines is 1. The molecule has 1 heterocycles. The predicted octanol–water partition coefficient (Wildman–Crippen LogP) is 4.54. The number of rotatable bonds is 3. The van der Waals surface area contributed by atoms with Gasteiger partial charge in [-0.15, -0.1) is 10.2 Å². The monoisotopic (exact) mass is 344 g/mol. The summed E-state index contributed by atoms with van der Waals surface area (Å²) >= 11 is 12.3. The van der Waals surface area contributed by atoms with Crippen molar-refractivity contribution < 1.29 is 0 Å². The Hall–Kier alpha value is -2.30. The van der Waals surface area contributed by atoms with E-state index in [9.17, 15) is 0 Å². The van der Waals surface area contributed by atoms with Crippen LogP contribution in [-0.4, -0.2) is 14.8 Å². The first kappa shape index (κ1) is 15.6. The molecule has 23 heavy (non-hydrogen) atoms. The average Bonchev–Trinajstić information content (AvgIpc) is 2.89. The van der Waals surface area contributed by atoms with Gasteiger partial charge in [0, 0.05) is 33.9 Å². The lowest BCUT2D eigenvalue weighted by Crippen LogP contribution is -1.95. The van der Waals surface area contributed by atoms with Crippen LogP contribution in [0.5, 0.6) is 0 Å². The van der Waals surface area contributed by atoms with Crippen molar-refractivity contribution in [1.29, 1.82) is 0 Å². The average molecular weight is 345 g/mol. The number of nitrogen functional groups attached to an aromatic ring is 1. The van der Waals surface area contributed by atoms with E-state index in [2.05, 4.69) is 10.2 Å².